The molecule has 1 aromatic heterocycles. The summed E-state index contributed by atoms with van der Waals surface area (Å²) in [5.74, 6) is 0.0893. The molecular weight excluding hydrogens is 387 g/mol. The van der Waals surface area contributed by atoms with Gasteiger partial charge < -0.3 is 11.1 Å². The summed E-state index contributed by atoms with van der Waals surface area (Å²) in [6.45, 7) is 5.70. The fourth-order valence-corrected chi connectivity index (χ4v) is 3.87. The van der Waals surface area contributed by atoms with Gasteiger partial charge in [-0.05, 0) is 48.1 Å². The van der Waals surface area contributed by atoms with E-state index in [1.54, 1.807) is 37.6 Å². The van der Waals surface area contributed by atoms with Crippen LogP contribution in [0.2, 0.25) is 0 Å². The molecule has 0 bridgehead atoms. The van der Waals surface area contributed by atoms with Crippen LogP contribution in [0.3, 0.4) is 0 Å². The molecule has 0 spiro atoms. The Kier molecular flexibility index (Phi) is 5.45. The molecule has 0 fully saturated rings. The molecule has 0 saturated carbocycles. The SMILES string of the molecule is CC(=N)c1cc2c(-c3ccc(F)cc3)c(C(C)C)nc(N=S(C)(C)=O)c2cc1N. The van der Waals surface area contributed by atoms with Crippen molar-refractivity contribution < 1.29 is 8.60 Å². The van der Waals surface area contributed by atoms with Gasteiger partial charge in [0.2, 0.25) is 0 Å². The maximum Gasteiger partial charge on any atom is 0.169 e. The van der Waals surface area contributed by atoms with Crippen LogP contribution in [0.1, 0.15) is 37.9 Å². The van der Waals surface area contributed by atoms with Gasteiger partial charge in [-0.1, -0.05) is 26.0 Å². The molecule has 2 aromatic carbocycles. The van der Waals surface area contributed by atoms with Gasteiger partial charge >= 0.3 is 0 Å². The van der Waals surface area contributed by atoms with E-state index in [2.05, 4.69) is 4.36 Å². The van der Waals surface area contributed by atoms with E-state index in [4.69, 9.17) is 16.1 Å². The van der Waals surface area contributed by atoms with Gasteiger partial charge in [0.05, 0.1) is 5.69 Å². The average molecular weight is 413 g/mol. The van der Waals surface area contributed by atoms with Gasteiger partial charge in [-0.3, -0.25) is 0 Å². The second-order valence-corrected chi connectivity index (χ2v) is 10.3. The largest absolute Gasteiger partial charge is 0.398 e. The standard InChI is InChI=1S/C22H25FN4OS/c1-12(2)21-20(14-6-8-15(23)9-7-14)17-10-16(13(3)24)19(25)11-18(17)22(26-21)27-29(4,5)28/h6-12,24H,25H2,1-5H3. The maximum atomic E-state index is 13.5. The number of halogens is 1. The van der Waals surface area contributed by atoms with Crippen LogP contribution in [0.5, 0.6) is 0 Å². The van der Waals surface area contributed by atoms with Gasteiger partial charge in [-0.25, -0.2) is 13.6 Å². The molecule has 0 aliphatic rings. The molecule has 7 heteroatoms. The third kappa shape index (κ3) is 4.29. The highest BCUT2D eigenvalue weighted by atomic mass is 32.2. The lowest BCUT2D eigenvalue weighted by Crippen LogP contribution is -2.04. The van der Waals surface area contributed by atoms with Crippen LogP contribution in [0.15, 0.2) is 40.8 Å². The summed E-state index contributed by atoms with van der Waals surface area (Å²) in [7, 11) is -2.45. The van der Waals surface area contributed by atoms with E-state index in [-0.39, 0.29) is 11.7 Å². The number of pyridine rings is 1. The first-order valence-electron chi connectivity index (χ1n) is 9.23. The van der Waals surface area contributed by atoms with E-state index in [9.17, 15) is 8.60 Å². The van der Waals surface area contributed by atoms with Crippen LogP contribution in [0, 0.1) is 11.2 Å². The van der Waals surface area contributed by atoms with Gasteiger partial charge in [-0.2, -0.15) is 4.36 Å². The summed E-state index contributed by atoms with van der Waals surface area (Å²) in [5, 5.41) is 9.54. The molecule has 29 heavy (non-hydrogen) atoms. The first-order valence-corrected chi connectivity index (χ1v) is 11.6. The van der Waals surface area contributed by atoms with Crippen LogP contribution in [-0.2, 0) is 9.73 Å². The number of aromatic nitrogens is 1. The molecule has 0 aliphatic carbocycles. The van der Waals surface area contributed by atoms with E-state index in [0.717, 1.165) is 22.2 Å². The third-order valence-corrected chi connectivity index (χ3v) is 5.19. The normalized spacial score (nSPS) is 11.8. The highest BCUT2D eigenvalue weighted by molar-refractivity contribution is 7.92. The number of nitrogens with two attached hydrogens (primary N) is 1. The molecular formula is C22H25FN4OS. The molecule has 0 radical (unpaired) electrons. The van der Waals surface area contributed by atoms with Gasteiger partial charge in [0.15, 0.2) is 5.82 Å². The topological polar surface area (TPSA) is 92.2 Å². The van der Waals surface area contributed by atoms with E-state index < -0.39 is 9.73 Å². The lowest BCUT2D eigenvalue weighted by molar-refractivity contribution is 0.628. The van der Waals surface area contributed by atoms with Crippen molar-refractivity contribution in [1.82, 2.24) is 4.98 Å². The Bertz CT molecular complexity index is 1230. The first-order chi connectivity index (χ1) is 13.5. The van der Waals surface area contributed by atoms with Crippen molar-refractivity contribution in [3.05, 3.63) is 53.5 Å². The maximum absolute atomic E-state index is 13.5. The lowest BCUT2D eigenvalue weighted by atomic mass is 9.90. The first kappa shape index (κ1) is 20.9. The van der Waals surface area contributed by atoms with Crippen LogP contribution in [0.4, 0.5) is 15.9 Å². The van der Waals surface area contributed by atoms with Crippen molar-refractivity contribution in [2.45, 2.75) is 26.7 Å². The number of hydrogen-bond donors (Lipinski definition) is 2. The minimum absolute atomic E-state index is 0.0419. The highest BCUT2D eigenvalue weighted by Gasteiger charge is 2.20. The Morgan fingerprint density at radius 1 is 1.17 bits per heavy atom. The fourth-order valence-electron chi connectivity index (χ4n) is 3.32. The van der Waals surface area contributed by atoms with Crippen LogP contribution >= 0.6 is 0 Å². The average Bonchev–Trinajstić information content (AvgIpc) is 2.60. The van der Waals surface area contributed by atoms with Gasteiger partial charge in [0.25, 0.3) is 0 Å². The van der Waals surface area contributed by atoms with E-state index in [1.807, 2.05) is 19.9 Å². The Morgan fingerprint density at radius 3 is 2.31 bits per heavy atom. The zero-order valence-electron chi connectivity index (χ0n) is 17.2. The molecule has 1 heterocycles. The number of nitrogens with one attached hydrogen (secondary N) is 1. The summed E-state index contributed by atoms with van der Waals surface area (Å²) in [4.78, 5) is 4.75. The van der Waals surface area contributed by atoms with Crippen molar-refractivity contribution in [2.24, 2.45) is 4.36 Å². The molecule has 0 unspecified atom stereocenters. The Morgan fingerprint density at radius 2 is 1.79 bits per heavy atom. The molecule has 0 aliphatic heterocycles. The van der Waals surface area contributed by atoms with E-state index in [1.165, 1.54) is 12.1 Å². The van der Waals surface area contributed by atoms with Gasteiger partial charge in [0.1, 0.15) is 5.82 Å². The summed E-state index contributed by atoms with van der Waals surface area (Å²) in [5.41, 5.74) is 10.0. The number of hydrogen-bond acceptors (Lipinski definition) is 5. The van der Waals surface area contributed by atoms with E-state index >= 15 is 0 Å². The van der Waals surface area contributed by atoms with Crippen molar-refractivity contribution in [3.63, 3.8) is 0 Å². The zero-order valence-corrected chi connectivity index (χ0v) is 18.0. The number of benzene rings is 2. The van der Waals surface area contributed by atoms with Crippen molar-refractivity contribution in [2.75, 3.05) is 18.2 Å². The van der Waals surface area contributed by atoms with Crippen LogP contribution in [0.25, 0.3) is 21.9 Å². The van der Waals surface area contributed by atoms with Crippen LogP contribution < -0.4 is 5.73 Å². The predicted octanol–water partition coefficient (Wildman–Crippen LogP) is 5.49. The number of rotatable bonds is 4. The van der Waals surface area contributed by atoms with Crippen molar-refractivity contribution >= 4 is 37.7 Å². The predicted molar refractivity (Wildman–Crippen MR) is 120 cm³/mol. The Labute approximate surface area is 170 Å². The molecule has 3 aromatic rings. The number of nitrogen functional groups attached to an aromatic ring is 1. The molecule has 0 atom stereocenters. The number of nitrogens with zero attached hydrogens (tertiary/aromatic N) is 2. The zero-order chi connectivity index (χ0) is 21.5. The number of anilines is 1. The van der Waals surface area contributed by atoms with Crippen molar-refractivity contribution in [3.8, 4) is 11.1 Å². The molecule has 3 N–H and O–H groups in total. The van der Waals surface area contributed by atoms with Crippen LogP contribution in [-0.4, -0.2) is 27.4 Å². The van der Waals surface area contributed by atoms with E-state index in [0.29, 0.717) is 28.2 Å². The van der Waals surface area contributed by atoms with Gasteiger partial charge in [-0.15, -0.1) is 0 Å². The quantitative estimate of drug-likeness (QED) is 0.438. The second kappa shape index (κ2) is 7.55. The summed E-state index contributed by atoms with van der Waals surface area (Å²) >= 11 is 0. The summed E-state index contributed by atoms with van der Waals surface area (Å²) < 4.78 is 30.3. The molecule has 0 saturated heterocycles. The smallest absolute Gasteiger partial charge is 0.169 e. The van der Waals surface area contributed by atoms with Crippen molar-refractivity contribution in [1.29, 1.82) is 5.41 Å². The Hall–Kier alpha value is -2.80. The minimum atomic E-state index is -2.45. The molecule has 3 rings (SSSR count). The fraction of sp³-hybridized carbons (Fsp3) is 0.273. The number of fused-ring (bicyclic) bond motifs is 1. The minimum Gasteiger partial charge on any atom is -0.398 e. The molecule has 5 nitrogen and oxygen atoms in total. The molecule has 152 valence electrons. The summed E-state index contributed by atoms with van der Waals surface area (Å²) in [6.07, 6.45) is 3.12. The monoisotopic (exact) mass is 412 g/mol. The summed E-state index contributed by atoms with van der Waals surface area (Å²) in [6, 6.07) is 9.83. The second-order valence-electron chi connectivity index (χ2n) is 7.74. The third-order valence-electron chi connectivity index (χ3n) is 4.57. The highest BCUT2D eigenvalue weighted by Crippen LogP contribution is 2.40. The molecule has 0 amide bonds. The van der Waals surface area contributed by atoms with Gasteiger partial charge in [0, 0.05) is 50.2 Å². The lowest BCUT2D eigenvalue weighted by Gasteiger charge is -2.19. The Balaban J connectivity index is 2.56.